The highest BCUT2D eigenvalue weighted by Gasteiger charge is 2.13. The molecule has 1 aromatic carbocycles. The average molecular weight is 414 g/mol. The fourth-order valence-corrected chi connectivity index (χ4v) is 3.28. The Labute approximate surface area is 172 Å². The van der Waals surface area contributed by atoms with Crippen molar-refractivity contribution in [2.24, 2.45) is 11.5 Å². The zero-order valence-electron chi connectivity index (χ0n) is 16.2. The van der Waals surface area contributed by atoms with Crippen LogP contribution in [-0.2, 0) is 0 Å². The van der Waals surface area contributed by atoms with E-state index >= 15 is 0 Å². The van der Waals surface area contributed by atoms with E-state index in [1.54, 1.807) is 31.6 Å². The maximum Gasteiger partial charge on any atom is 0.325 e. The quantitative estimate of drug-likeness (QED) is 0.516. The van der Waals surface area contributed by atoms with E-state index in [1.165, 1.54) is 11.3 Å². The van der Waals surface area contributed by atoms with Gasteiger partial charge in [-0.05, 0) is 49.2 Å². The van der Waals surface area contributed by atoms with Crippen LogP contribution in [0.5, 0.6) is 5.75 Å². The lowest BCUT2D eigenvalue weighted by Crippen LogP contribution is -2.19. The van der Waals surface area contributed by atoms with Crippen molar-refractivity contribution in [1.82, 2.24) is 9.97 Å². The second-order valence-electron chi connectivity index (χ2n) is 5.89. The predicted octanol–water partition coefficient (Wildman–Crippen LogP) is 3.50. The maximum atomic E-state index is 12.1. The minimum absolute atomic E-state index is 0.338. The van der Waals surface area contributed by atoms with E-state index in [1.807, 2.05) is 31.4 Å². The number of nitrogens with zero attached hydrogens (tertiary/aromatic N) is 2. The summed E-state index contributed by atoms with van der Waals surface area (Å²) < 4.78 is 5.29. The number of carbonyl (C=O) groups excluding carboxylic acids is 2. The van der Waals surface area contributed by atoms with E-state index in [-0.39, 0.29) is 6.03 Å². The minimum atomic E-state index is -0.833. The third-order valence-corrected chi connectivity index (χ3v) is 4.42. The summed E-state index contributed by atoms with van der Waals surface area (Å²) >= 11 is 1.38. The van der Waals surface area contributed by atoms with Gasteiger partial charge in [-0.2, -0.15) is 0 Å². The van der Waals surface area contributed by atoms with E-state index in [0.29, 0.717) is 10.8 Å². The number of hydrogen-bond acceptors (Lipinski definition) is 6. The van der Waals surface area contributed by atoms with E-state index in [2.05, 4.69) is 32.1 Å². The molecule has 2 aromatic heterocycles. The average Bonchev–Trinajstić information content (AvgIpc) is 3.09. The molecule has 10 heteroatoms. The molecule has 3 aromatic rings. The highest BCUT2D eigenvalue weighted by molar-refractivity contribution is 7.14. The number of anilines is 2. The molecule has 152 valence electrons. The van der Waals surface area contributed by atoms with Crippen LogP contribution in [0.2, 0.25) is 0 Å². The SMILES string of the molecule is COc1cc(C)c(-c2csc(NC(=O)Nc3ccncc3)n2)c(C)c1.NC(N)=O. The molecule has 0 aliphatic heterocycles. The summed E-state index contributed by atoms with van der Waals surface area (Å²) in [5.41, 5.74) is 13.2. The number of nitrogens with two attached hydrogens (primary N) is 2. The van der Waals surface area contributed by atoms with E-state index < -0.39 is 6.03 Å². The molecule has 0 radical (unpaired) electrons. The first-order valence-electron chi connectivity index (χ1n) is 8.44. The Bertz CT molecular complexity index is 964. The first kappa shape index (κ1) is 21.6. The number of rotatable bonds is 4. The van der Waals surface area contributed by atoms with Gasteiger partial charge in [0.15, 0.2) is 5.13 Å². The number of hydrogen-bond donors (Lipinski definition) is 4. The number of amides is 4. The van der Waals surface area contributed by atoms with Gasteiger partial charge >= 0.3 is 12.1 Å². The molecule has 9 nitrogen and oxygen atoms in total. The molecule has 0 fully saturated rings. The van der Waals surface area contributed by atoms with Crippen LogP contribution in [0.4, 0.5) is 20.4 Å². The van der Waals surface area contributed by atoms with Gasteiger partial charge in [-0.25, -0.2) is 14.6 Å². The number of urea groups is 2. The van der Waals surface area contributed by atoms with Gasteiger partial charge in [-0.1, -0.05) is 0 Å². The molecule has 0 aliphatic rings. The van der Waals surface area contributed by atoms with Crippen molar-refractivity contribution in [1.29, 1.82) is 0 Å². The number of aromatic nitrogens is 2. The molecule has 4 amide bonds. The Morgan fingerprint density at radius 3 is 2.21 bits per heavy atom. The fraction of sp³-hybridized carbons (Fsp3) is 0.158. The normalized spacial score (nSPS) is 9.76. The highest BCUT2D eigenvalue weighted by Crippen LogP contribution is 2.32. The second-order valence-corrected chi connectivity index (χ2v) is 6.75. The first-order valence-corrected chi connectivity index (χ1v) is 9.32. The van der Waals surface area contributed by atoms with Crippen LogP contribution in [0.25, 0.3) is 11.3 Å². The number of thiazole rings is 1. The number of pyridine rings is 1. The van der Waals surface area contributed by atoms with Gasteiger partial charge in [0.05, 0.1) is 12.8 Å². The van der Waals surface area contributed by atoms with Crippen LogP contribution in [0.3, 0.4) is 0 Å². The molecular weight excluding hydrogens is 392 g/mol. The summed E-state index contributed by atoms with van der Waals surface area (Å²) in [5.74, 6) is 0.823. The number of ether oxygens (including phenoxy) is 1. The Kier molecular flexibility index (Phi) is 7.49. The lowest BCUT2D eigenvalue weighted by molar-refractivity contribution is 0.256. The topological polar surface area (TPSA) is 145 Å². The van der Waals surface area contributed by atoms with Crippen molar-refractivity contribution < 1.29 is 14.3 Å². The highest BCUT2D eigenvalue weighted by atomic mass is 32.1. The molecule has 29 heavy (non-hydrogen) atoms. The number of nitrogens with one attached hydrogen (secondary N) is 2. The van der Waals surface area contributed by atoms with Crippen LogP contribution in [0, 0.1) is 13.8 Å². The molecule has 6 N–H and O–H groups in total. The van der Waals surface area contributed by atoms with Crippen LogP contribution < -0.4 is 26.8 Å². The van der Waals surface area contributed by atoms with E-state index in [9.17, 15) is 4.79 Å². The Hall–Kier alpha value is -3.66. The van der Waals surface area contributed by atoms with Crippen molar-refractivity contribution in [3.8, 4) is 17.0 Å². The van der Waals surface area contributed by atoms with Gasteiger partial charge in [0, 0.05) is 29.0 Å². The van der Waals surface area contributed by atoms with Crippen molar-refractivity contribution in [2.45, 2.75) is 13.8 Å². The molecular formula is C19H22N6O3S. The lowest BCUT2D eigenvalue weighted by atomic mass is 10.0. The summed E-state index contributed by atoms with van der Waals surface area (Å²) in [5, 5.41) is 7.96. The Morgan fingerprint density at radius 1 is 1.07 bits per heavy atom. The van der Waals surface area contributed by atoms with Gasteiger partial charge in [-0.3, -0.25) is 10.3 Å². The van der Waals surface area contributed by atoms with Gasteiger partial charge in [0.1, 0.15) is 5.75 Å². The molecule has 3 rings (SSSR count). The fourth-order valence-electron chi connectivity index (χ4n) is 2.59. The molecule has 0 spiro atoms. The largest absolute Gasteiger partial charge is 0.497 e. The third kappa shape index (κ3) is 6.47. The molecule has 0 saturated heterocycles. The number of benzene rings is 1. The van der Waals surface area contributed by atoms with Gasteiger partial charge in [0.2, 0.25) is 0 Å². The lowest BCUT2D eigenvalue weighted by Gasteiger charge is -2.10. The van der Waals surface area contributed by atoms with Crippen LogP contribution in [-0.4, -0.2) is 29.1 Å². The second kappa shape index (κ2) is 10.0. The predicted molar refractivity (Wildman–Crippen MR) is 114 cm³/mol. The number of methoxy groups -OCH3 is 1. The molecule has 0 unspecified atom stereocenters. The summed E-state index contributed by atoms with van der Waals surface area (Å²) in [6, 6.07) is 6.22. The molecule has 2 heterocycles. The Balaban J connectivity index is 0.000000687. The number of primary amides is 2. The number of aryl methyl sites for hydroxylation is 2. The summed E-state index contributed by atoms with van der Waals surface area (Å²) in [4.78, 5) is 29.5. The van der Waals surface area contributed by atoms with Crippen LogP contribution in [0.1, 0.15) is 11.1 Å². The van der Waals surface area contributed by atoms with Gasteiger partial charge < -0.3 is 21.5 Å². The molecule has 0 bridgehead atoms. The molecule has 0 aliphatic carbocycles. The maximum absolute atomic E-state index is 12.1. The minimum Gasteiger partial charge on any atom is -0.497 e. The first-order chi connectivity index (χ1) is 13.8. The van der Waals surface area contributed by atoms with Crippen molar-refractivity contribution >= 4 is 34.2 Å². The van der Waals surface area contributed by atoms with Crippen molar-refractivity contribution in [3.05, 3.63) is 53.2 Å². The number of carbonyl (C=O) groups is 2. The Morgan fingerprint density at radius 2 is 1.66 bits per heavy atom. The van der Waals surface area contributed by atoms with Crippen molar-refractivity contribution in [3.63, 3.8) is 0 Å². The smallest absolute Gasteiger partial charge is 0.325 e. The van der Waals surface area contributed by atoms with E-state index in [0.717, 1.165) is 28.1 Å². The standard InChI is InChI=1S/C18H18N4O2S.CH4N2O/c1-11-8-14(24-3)9-12(2)16(11)15-10-25-18(21-15)22-17(23)20-13-4-6-19-7-5-13;2-1(3)4/h4-10H,1-3H3,(H2,19,20,21,22,23);(H4,2,3,4). The molecule has 0 atom stereocenters. The van der Waals surface area contributed by atoms with Crippen molar-refractivity contribution in [2.75, 3.05) is 17.7 Å². The summed E-state index contributed by atoms with van der Waals surface area (Å²) in [6.45, 7) is 4.04. The summed E-state index contributed by atoms with van der Waals surface area (Å²) in [7, 11) is 1.65. The monoisotopic (exact) mass is 414 g/mol. The summed E-state index contributed by atoms with van der Waals surface area (Å²) in [6.07, 6.45) is 3.23. The van der Waals surface area contributed by atoms with Crippen LogP contribution >= 0.6 is 11.3 Å². The van der Waals surface area contributed by atoms with Gasteiger partial charge in [0.25, 0.3) is 0 Å². The van der Waals surface area contributed by atoms with Crippen LogP contribution in [0.15, 0.2) is 42.0 Å². The zero-order valence-corrected chi connectivity index (χ0v) is 17.0. The zero-order chi connectivity index (χ0) is 21.4. The van der Waals surface area contributed by atoms with E-state index in [4.69, 9.17) is 9.53 Å². The molecule has 0 saturated carbocycles. The third-order valence-electron chi connectivity index (χ3n) is 3.66. The van der Waals surface area contributed by atoms with Gasteiger partial charge in [-0.15, -0.1) is 11.3 Å².